The molecule has 0 aliphatic rings. The highest BCUT2D eigenvalue weighted by Gasteiger charge is 1.90. The van der Waals surface area contributed by atoms with Gasteiger partial charge in [0, 0.05) is 5.56 Å². The summed E-state index contributed by atoms with van der Waals surface area (Å²) in [5.74, 6) is -0.248. The van der Waals surface area contributed by atoms with Crippen molar-refractivity contribution in [2.45, 2.75) is 0 Å². The van der Waals surface area contributed by atoms with E-state index in [-0.39, 0.29) is 5.82 Å². The van der Waals surface area contributed by atoms with Crippen LogP contribution < -0.4 is 5.43 Å². The van der Waals surface area contributed by atoms with E-state index >= 15 is 0 Å². The maximum Gasteiger partial charge on any atom is 0.123 e. The first-order valence-electron chi connectivity index (χ1n) is 4.41. The van der Waals surface area contributed by atoms with Crippen LogP contribution in [-0.2, 0) is 0 Å². The van der Waals surface area contributed by atoms with Crippen LogP contribution in [-0.4, -0.2) is 6.21 Å². The third-order valence-electron chi connectivity index (χ3n) is 1.79. The number of hydrazone groups is 1. The number of halogens is 1. The Morgan fingerprint density at radius 2 is 2.00 bits per heavy atom. The number of anilines is 1. The lowest BCUT2D eigenvalue weighted by Gasteiger charge is -1.98. The fourth-order valence-electron chi connectivity index (χ4n) is 1.05. The Bertz CT molecular complexity index is 434. The smallest absolute Gasteiger partial charge is 0.123 e. The van der Waals surface area contributed by atoms with Gasteiger partial charge in [-0.1, -0.05) is 0 Å². The Balaban J connectivity index is 1.96. The van der Waals surface area contributed by atoms with Gasteiger partial charge in [-0.2, -0.15) is 16.4 Å². The Hall–Kier alpha value is -1.68. The molecular formula is C11H9FN2S. The van der Waals surface area contributed by atoms with Gasteiger partial charge in [0.1, 0.15) is 5.82 Å². The van der Waals surface area contributed by atoms with Crippen molar-refractivity contribution in [3.63, 3.8) is 0 Å². The fourth-order valence-corrected chi connectivity index (χ4v) is 1.67. The number of thiophene rings is 1. The second-order valence-electron chi connectivity index (χ2n) is 2.93. The molecule has 15 heavy (non-hydrogen) atoms. The first-order valence-corrected chi connectivity index (χ1v) is 5.36. The van der Waals surface area contributed by atoms with Crippen LogP contribution >= 0.6 is 11.3 Å². The van der Waals surface area contributed by atoms with Crippen LogP contribution in [0.5, 0.6) is 0 Å². The molecule has 0 aliphatic heterocycles. The molecule has 0 spiro atoms. The molecule has 1 aromatic heterocycles. The number of nitrogens with zero attached hydrogens (tertiary/aromatic N) is 1. The van der Waals surface area contributed by atoms with Gasteiger partial charge in [0.25, 0.3) is 0 Å². The summed E-state index contributed by atoms with van der Waals surface area (Å²) in [6, 6.07) is 8.03. The van der Waals surface area contributed by atoms with E-state index < -0.39 is 0 Å². The van der Waals surface area contributed by atoms with Gasteiger partial charge in [-0.3, -0.25) is 5.43 Å². The summed E-state index contributed by atoms with van der Waals surface area (Å²) in [7, 11) is 0. The van der Waals surface area contributed by atoms with E-state index in [0.29, 0.717) is 0 Å². The van der Waals surface area contributed by atoms with E-state index in [0.717, 1.165) is 11.3 Å². The molecule has 2 nitrogen and oxygen atoms in total. The van der Waals surface area contributed by atoms with Crippen molar-refractivity contribution < 1.29 is 4.39 Å². The molecule has 76 valence electrons. The van der Waals surface area contributed by atoms with Crippen molar-refractivity contribution in [3.8, 4) is 0 Å². The largest absolute Gasteiger partial charge is 0.279 e. The molecule has 0 saturated heterocycles. The molecule has 1 heterocycles. The average molecular weight is 220 g/mol. The maximum absolute atomic E-state index is 12.6. The average Bonchev–Trinajstić information content (AvgIpc) is 2.74. The number of hydrogen-bond donors (Lipinski definition) is 1. The number of rotatable bonds is 3. The Kier molecular flexibility index (Phi) is 3.09. The molecule has 0 aliphatic carbocycles. The predicted molar refractivity (Wildman–Crippen MR) is 61.9 cm³/mol. The van der Waals surface area contributed by atoms with Gasteiger partial charge in [0.15, 0.2) is 0 Å². The molecule has 0 amide bonds. The van der Waals surface area contributed by atoms with Crippen LogP contribution in [0.25, 0.3) is 0 Å². The van der Waals surface area contributed by atoms with Gasteiger partial charge < -0.3 is 0 Å². The standard InChI is InChI=1S/C11H9FN2S/c12-10-1-3-11(4-2-10)14-13-7-9-5-6-15-8-9/h1-8,14H/b13-7+. The van der Waals surface area contributed by atoms with Crippen LogP contribution in [0.2, 0.25) is 0 Å². The SMILES string of the molecule is Fc1ccc(N/N=C/c2ccsc2)cc1. The lowest BCUT2D eigenvalue weighted by Crippen LogP contribution is -1.89. The molecular weight excluding hydrogens is 211 g/mol. The number of hydrogen-bond acceptors (Lipinski definition) is 3. The third kappa shape index (κ3) is 2.89. The van der Waals surface area contributed by atoms with Crippen molar-refractivity contribution in [2.24, 2.45) is 5.10 Å². The Morgan fingerprint density at radius 1 is 1.20 bits per heavy atom. The van der Waals surface area contributed by atoms with Crippen molar-refractivity contribution >= 4 is 23.2 Å². The van der Waals surface area contributed by atoms with E-state index in [2.05, 4.69) is 10.5 Å². The van der Waals surface area contributed by atoms with Crippen molar-refractivity contribution in [3.05, 3.63) is 52.5 Å². The fraction of sp³-hybridized carbons (Fsp3) is 0. The topological polar surface area (TPSA) is 24.4 Å². The molecule has 0 bridgehead atoms. The summed E-state index contributed by atoms with van der Waals surface area (Å²) in [6.07, 6.45) is 1.72. The number of nitrogens with one attached hydrogen (secondary N) is 1. The summed E-state index contributed by atoms with van der Waals surface area (Å²) in [4.78, 5) is 0. The highest BCUT2D eigenvalue weighted by atomic mass is 32.1. The van der Waals surface area contributed by atoms with E-state index in [4.69, 9.17) is 0 Å². The van der Waals surface area contributed by atoms with E-state index in [9.17, 15) is 4.39 Å². The molecule has 0 saturated carbocycles. The van der Waals surface area contributed by atoms with Gasteiger partial charge in [0.2, 0.25) is 0 Å². The van der Waals surface area contributed by atoms with Crippen molar-refractivity contribution in [1.82, 2.24) is 0 Å². The second kappa shape index (κ2) is 4.70. The second-order valence-corrected chi connectivity index (χ2v) is 3.71. The molecule has 0 radical (unpaired) electrons. The molecule has 0 fully saturated rings. The highest BCUT2D eigenvalue weighted by molar-refractivity contribution is 7.08. The molecule has 2 rings (SSSR count). The molecule has 4 heteroatoms. The first-order chi connectivity index (χ1) is 7.34. The summed E-state index contributed by atoms with van der Waals surface area (Å²) in [5, 5.41) is 8.00. The number of benzene rings is 1. The zero-order valence-electron chi connectivity index (χ0n) is 7.85. The zero-order valence-corrected chi connectivity index (χ0v) is 8.67. The molecule has 2 aromatic rings. The van der Waals surface area contributed by atoms with Gasteiger partial charge in [-0.05, 0) is 41.1 Å². The Morgan fingerprint density at radius 3 is 2.67 bits per heavy atom. The van der Waals surface area contributed by atoms with Gasteiger partial charge in [0.05, 0.1) is 11.9 Å². The van der Waals surface area contributed by atoms with Crippen LogP contribution in [0.3, 0.4) is 0 Å². The molecule has 1 aromatic carbocycles. The monoisotopic (exact) mass is 220 g/mol. The van der Waals surface area contributed by atoms with Crippen molar-refractivity contribution in [1.29, 1.82) is 0 Å². The van der Waals surface area contributed by atoms with Crippen LogP contribution in [0, 0.1) is 5.82 Å². The quantitative estimate of drug-likeness (QED) is 0.622. The summed E-state index contributed by atoms with van der Waals surface area (Å²) in [5.41, 5.74) is 4.63. The maximum atomic E-state index is 12.6. The van der Waals surface area contributed by atoms with Gasteiger partial charge in [-0.15, -0.1) is 0 Å². The van der Waals surface area contributed by atoms with Crippen LogP contribution in [0.1, 0.15) is 5.56 Å². The molecule has 1 N–H and O–H groups in total. The van der Waals surface area contributed by atoms with Crippen LogP contribution in [0.15, 0.2) is 46.2 Å². The molecule has 0 atom stereocenters. The highest BCUT2D eigenvalue weighted by Crippen LogP contribution is 2.08. The minimum atomic E-state index is -0.248. The van der Waals surface area contributed by atoms with Gasteiger partial charge in [-0.25, -0.2) is 4.39 Å². The molecule has 0 unspecified atom stereocenters. The first kappa shape index (κ1) is 9.86. The summed E-state index contributed by atoms with van der Waals surface area (Å²) < 4.78 is 12.6. The normalized spacial score (nSPS) is 10.7. The van der Waals surface area contributed by atoms with Crippen molar-refractivity contribution in [2.75, 3.05) is 5.43 Å². The Labute approximate surface area is 91.1 Å². The summed E-state index contributed by atoms with van der Waals surface area (Å²) >= 11 is 1.62. The lowest BCUT2D eigenvalue weighted by molar-refractivity contribution is 0.628. The lowest BCUT2D eigenvalue weighted by atomic mass is 10.3. The van der Waals surface area contributed by atoms with E-state index in [1.165, 1.54) is 12.1 Å². The summed E-state index contributed by atoms with van der Waals surface area (Å²) in [6.45, 7) is 0. The zero-order chi connectivity index (χ0) is 10.5. The van der Waals surface area contributed by atoms with E-state index in [1.807, 2.05) is 16.8 Å². The van der Waals surface area contributed by atoms with Gasteiger partial charge >= 0.3 is 0 Å². The van der Waals surface area contributed by atoms with Crippen LogP contribution in [0.4, 0.5) is 10.1 Å². The third-order valence-corrected chi connectivity index (χ3v) is 2.50. The minimum Gasteiger partial charge on any atom is -0.279 e. The van der Waals surface area contributed by atoms with E-state index in [1.54, 1.807) is 29.7 Å². The minimum absolute atomic E-state index is 0.248. The predicted octanol–water partition coefficient (Wildman–Crippen LogP) is 3.33.